The molecule has 2 aromatic carbocycles. The molecule has 1 amide bonds. The lowest BCUT2D eigenvalue weighted by molar-refractivity contribution is 0.0628. The van der Waals surface area contributed by atoms with Crippen LogP contribution in [0.5, 0.6) is 5.75 Å². The Kier molecular flexibility index (Phi) is 6.62. The van der Waals surface area contributed by atoms with E-state index in [2.05, 4.69) is 16.0 Å². The molecule has 0 saturated carbocycles. The minimum absolute atomic E-state index is 0.0818. The van der Waals surface area contributed by atoms with E-state index in [9.17, 15) is 4.79 Å². The van der Waals surface area contributed by atoms with Crippen molar-refractivity contribution in [3.8, 4) is 5.75 Å². The maximum absolute atomic E-state index is 12.8. The Hall–Kier alpha value is -2.89. The van der Waals surface area contributed by atoms with Crippen LogP contribution in [0, 0.1) is 0 Å². The number of pyridine rings is 1. The number of carbonyl (C=O) groups excluding carboxylic acids is 1. The lowest BCUT2D eigenvalue weighted by Gasteiger charge is -2.34. The number of hydrogen-bond acceptors (Lipinski definition) is 4. The second kappa shape index (κ2) is 9.74. The molecule has 3 aromatic rings. The first-order valence-electron chi connectivity index (χ1n) is 10.1. The van der Waals surface area contributed by atoms with Crippen LogP contribution in [0.25, 0.3) is 0 Å². The largest absolute Gasteiger partial charge is 0.489 e. The zero-order chi connectivity index (χ0) is 20.8. The van der Waals surface area contributed by atoms with Crippen LogP contribution in [-0.4, -0.2) is 46.9 Å². The van der Waals surface area contributed by atoms with Gasteiger partial charge in [-0.2, -0.15) is 0 Å². The van der Waals surface area contributed by atoms with E-state index in [1.165, 1.54) is 5.56 Å². The fraction of sp³-hybridized carbons (Fsp3) is 0.250. The summed E-state index contributed by atoms with van der Waals surface area (Å²) in [5.41, 5.74) is 2.92. The number of ether oxygens (including phenoxy) is 1. The molecule has 0 atom stereocenters. The molecule has 0 unspecified atom stereocenters. The zero-order valence-corrected chi connectivity index (χ0v) is 17.5. The Morgan fingerprint density at radius 1 is 0.967 bits per heavy atom. The van der Waals surface area contributed by atoms with Crippen LogP contribution in [-0.2, 0) is 13.2 Å². The molecule has 6 heteroatoms. The second-order valence-electron chi connectivity index (χ2n) is 7.37. The van der Waals surface area contributed by atoms with E-state index in [0.29, 0.717) is 17.2 Å². The van der Waals surface area contributed by atoms with Crippen LogP contribution in [0.3, 0.4) is 0 Å². The summed E-state index contributed by atoms with van der Waals surface area (Å²) in [6.07, 6.45) is 3.68. The summed E-state index contributed by atoms with van der Waals surface area (Å²) in [5, 5.41) is 0.647. The molecule has 2 heterocycles. The highest BCUT2D eigenvalue weighted by molar-refractivity contribution is 6.30. The van der Waals surface area contributed by atoms with Crippen molar-refractivity contribution < 1.29 is 9.53 Å². The van der Waals surface area contributed by atoms with Gasteiger partial charge in [0.15, 0.2) is 0 Å². The van der Waals surface area contributed by atoms with Gasteiger partial charge in [0.2, 0.25) is 0 Å². The Balaban J connectivity index is 1.27. The van der Waals surface area contributed by atoms with Gasteiger partial charge in [0.1, 0.15) is 12.4 Å². The average molecular weight is 422 g/mol. The van der Waals surface area contributed by atoms with Gasteiger partial charge in [-0.25, -0.2) is 0 Å². The quantitative estimate of drug-likeness (QED) is 0.596. The van der Waals surface area contributed by atoms with Crippen LogP contribution in [0.1, 0.15) is 21.5 Å². The molecule has 0 aliphatic carbocycles. The monoisotopic (exact) mass is 421 g/mol. The molecule has 0 N–H and O–H groups in total. The highest BCUT2D eigenvalue weighted by atomic mass is 35.5. The SMILES string of the molecule is O=C(c1ccc(COc2cccc(Cl)c2)cc1)N1CCN(Cc2cccnc2)CC1. The zero-order valence-electron chi connectivity index (χ0n) is 16.7. The minimum Gasteiger partial charge on any atom is -0.489 e. The molecular weight excluding hydrogens is 398 g/mol. The molecular formula is C24H24ClN3O2. The fourth-order valence-corrected chi connectivity index (χ4v) is 3.69. The molecule has 4 rings (SSSR count). The molecule has 1 saturated heterocycles. The Morgan fingerprint density at radius 3 is 2.47 bits per heavy atom. The molecule has 1 aliphatic rings. The van der Waals surface area contributed by atoms with Crippen LogP contribution in [0.2, 0.25) is 5.02 Å². The van der Waals surface area contributed by atoms with Crippen molar-refractivity contribution in [3.63, 3.8) is 0 Å². The summed E-state index contributed by atoms with van der Waals surface area (Å²) in [4.78, 5) is 21.3. The fourth-order valence-electron chi connectivity index (χ4n) is 3.51. The first-order valence-corrected chi connectivity index (χ1v) is 10.4. The summed E-state index contributed by atoms with van der Waals surface area (Å²) in [6.45, 7) is 4.51. The third-order valence-corrected chi connectivity index (χ3v) is 5.43. The molecule has 5 nitrogen and oxygen atoms in total. The van der Waals surface area contributed by atoms with E-state index in [-0.39, 0.29) is 5.91 Å². The molecule has 0 spiro atoms. The Bertz CT molecular complexity index is 971. The van der Waals surface area contributed by atoms with Crippen molar-refractivity contribution in [2.45, 2.75) is 13.2 Å². The van der Waals surface area contributed by atoms with E-state index < -0.39 is 0 Å². The topological polar surface area (TPSA) is 45.7 Å². The smallest absolute Gasteiger partial charge is 0.253 e. The Labute approximate surface area is 181 Å². The van der Waals surface area contributed by atoms with Crippen molar-refractivity contribution in [1.82, 2.24) is 14.8 Å². The van der Waals surface area contributed by atoms with E-state index in [1.54, 1.807) is 12.3 Å². The van der Waals surface area contributed by atoms with Gasteiger partial charge in [-0.05, 0) is 47.5 Å². The van der Waals surface area contributed by atoms with Crippen LogP contribution in [0.15, 0.2) is 73.1 Å². The van der Waals surface area contributed by atoms with Crippen molar-refractivity contribution in [2.75, 3.05) is 26.2 Å². The van der Waals surface area contributed by atoms with E-state index in [1.807, 2.05) is 59.6 Å². The van der Waals surface area contributed by atoms with Gasteiger partial charge in [-0.15, -0.1) is 0 Å². The maximum atomic E-state index is 12.8. The van der Waals surface area contributed by atoms with Crippen LogP contribution < -0.4 is 4.74 Å². The van der Waals surface area contributed by atoms with E-state index in [4.69, 9.17) is 16.3 Å². The van der Waals surface area contributed by atoms with Gasteiger partial charge < -0.3 is 9.64 Å². The van der Waals surface area contributed by atoms with Gasteiger partial charge in [0.25, 0.3) is 5.91 Å². The highest BCUT2D eigenvalue weighted by Gasteiger charge is 2.22. The highest BCUT2D eigenvalue weighted by Crippen LogP contribution is 2.19. The van der Waals surface area contributed by atoms with Crippen molar-refractivity contribution in [3.05, 3.63) is 94.8 Å². The van der Waals surface area contributed by atoms with Crippen molar-refractivity contribution in [2.24, 2.45) is 0 Å². The lowest BCUT2D eigenvalue weighted by atomic mass is 10.1. The molecule has 30 heavy (non-hydrogen) atoms. The van der Waals surface area contributed by atoms with Crippen LogP contribution in [0.4, 0.5) is 0 Å². The molecule has 0 bridgehead atoms. The van der Waals surface area contributed by atoms with Crippen LogP contribution >= 0.6 is 11.6 Å². The van der Waals surface area contributed by atoms with Gasteiger partial charge in [0, 0.05) is 55.7 Å². The molecule has 0 radical (unpaired) electrons. The first kappa shape index (κ1) is 20.4. The van der Waals surface area contributed by atoms with Gasteiger partial charge in [-0.3, -0.25) is 14.7 Å². The van der Waals surface area contributed by atoms with E-state index >= 15 is 0 Å². The van der Waals surface area contributed by atoms with Gasteiger partial charge >= 0.3 is 0 Å². The summed E-state index contributed by atoms with van der Waals surface area (Å²) in [6, 6.07) is 19.0. The minimum atomic E-state index is 0.0818. The summed E-state index contributed by atoms with van der Waals surface area (Å²) in [5.74, 6) is 0.810. The summed E-state index contributed by atoms with van der Waals surface area (Å²) < 4.78 is 5.76. The van der Waals surface area contributed by atoms with E-state index in [0.717, 1.165) is 44.0 Å². The van der Waals surface area contributed by atoms with Crippen molar-refractivity contribution in [1.29, 1.82) is 0 Å². The molecule has 1 aromatic heterocycles. The number of piperazine rings is 1. The van der Waals surface area contributed by atoms with Gasteiger partial charge in [-0.1, -0.05) is 35.9 Å². The third-order valence-electron chi connectivity index (χ3n) is 5.19. The number of rotatable bonds is 6. The Morgan fingerprint density at radius 2 is 1.77 bits per heavy atom. The first-order chi connectivity index (χ1) is 14.7. The number of nitrogens with zero attached hydrogens (tertiary/aromatic N) is 3. The number of benzene rings is 2. The number of carbonyl (C=O) groups is 1. The second-order valence-corrected chi connectivity index (χ2v) is 7.81. The predicted molar refractivity (Wildman–Crippen MR) is 118 cm³/mol. The maximum Gasteiger partial charge on any atom is 0.253 e. The molecule has 1 fully saturated rings. The standard InChI is InChI=1S/C24H24ClN3O2/c25-22-4-1-5-23(15-22)30-18-19-6-8-21(9-7-19)24(29)28-13-11-27(12-14-28)17-20-3-2-10-26-16-20/h1-10,15-16H,11-14,17-18H2. The average Bonchev–Trinajstić information content (AvgIpc) is 2.79. The number of amides is 1. The number of aromatic nitrogens is 1. The molecule has 1 aliphatic heterocycles. The predicted octanol–water partition coefficient (Wildman–Crippen LogP) is 4.27. The number of halogens is 1. The summed E-state index contributed by atoms with van der Waals surface area (Å²) >= 11 is 5.98. The lowest BCUT2D eigenvalue weighted by Crippen LogP contribution is -2.48. The molecule has 154 valence electrons. The normalized spacial score (nSPS) is 14.5. The third kappa shape index (κ3) is 5.38. The number of hydrogen-bond donors (Lipinski definition) is 0. The van der Waals surface area contributed by atoms with Crippen molar-refractivity contribution >= 4 is 17.5 Å². The van der Waals surface area contributed by atoms with Gasteiger partial charge in [0.05, 0.1) is 0 Å². The summed E-state index contributed by atoms with van der Waals surface area (Å²) in [7, 11) is 0.